The third-order valence-corrected chi connectivity index (χ3v) is 3.41. The Morgan fingerprint density at radius 2 is 1.35 bits per heavy atom. The van der Waals surface area contributed by atoms with Crippen LogP contribution in [-0.4, -0.2) is 13.2 Å². The van der Waals surface area contributed by atoms with Gasteiger partial charge in [0, 0.05) is 0 Å². The lowest BCUT2D eigenvalue weighted by atomic mass is 10.2. The van der Waals surface area contributed by atoms with Crippen LogP contribution in [0.1, 0.15) is 85.0 Å². The Morgan fingerprint density at radius 1 is 0.739 bits per heavy atom. The SMILES string of the molecule is CCC/C=C\C#CC=C(OCCCCCC)OCCCCCC. The van der Waals surface area contributed by atoms with Crippen molar-refractivity contribution < 1.29 is 9.47 Å². The van der Waals surface area contributed by atoms with Crippen molar-refractivity contribution in [1.29, 1.82) is 0 Å². The lowest BCUT2D eigenvalue weighted by Gasteiger charge is -2.11. The largest absolute Gasteiger partial charge is 0.465 e. The van der Waals surface area contributed by atoms with E-state index in [0.717, 1.165) is 25.7 Å². The highest BCUT2D eigenvalue weighted by molar-refractivity contribution is 5.23. The van der Waals surface area contributed by atoms with Crippen molar-refractivity contribution in [2.75, 3.05) is 13.2 Å². The van der Waals surface area contributed by atoms with Gasteiger partial charge < -0.3 is 9.47 Å². The number of hydrogen-bond acceptors (Lipinski definition) is 2. The van der Waals surface area contributed by atoms with Crippen LogP contribution in [0, 0.1) is 11.8 Å². The van der Waals surface area contributed by atoms with E-state index in [9.17, 15) is 0 Å². The molecule has 0 radical (unpaired) electrons. The Labute approximate surface area is 144 Å². The van der Waals surface area contributed by atoms with Crippen LogP contribution in [0.2, 0.25) is 0 Å². The predicted molar refractivity (Wildman–Crippen MR) is 100 cm³/mol. The fourth-order valence-electron chi connectivity index (χ4n) is 1.99. The summed E-state index contributed by atoms with van der Waals surface area (Å²) in [5.74, 6) is 6.58. The molecule has 0 rings (SSSR count). The average molecular weight is 321 g/mol. The summed E-state index contributed by atoms with van der Waals surface area (Å²) in [6.07, 6.45) is 17.6. The first kappa shape index (κ1) is 21.6. The summed E-state index contributed by atoms with van der Waals surface area (Å²) < 4.78 is 11.5. The first-order valence-corrected chi connectivity index (χ1v) is 9.46. The van der Waals surface area contributed by atoms with Crippen molar-refractivity contribution in [2.45, 2.75) is 85.0 Å². The van der Waals surface area contributed by atoms with Crippen LogP contribution < -0.4 is 0 Å². The van der Waals surface area contributed by atoms with Gasteiger partial charge in [-0.2, -0.15) is 0 Å². The molecule has 0 fully saturated rings. The van der Waals surface area contributed by atoms with Crippen LogP contribution in [0.4, 0.5) is 0 Å². The normalized spacial score (nSPS) is 10.2. The molecule has 0 heterocycles. The zero-order chi connectivity index (χ0) is 17.0. The van der Waals surface area contributed by atoms with Gasteiger partial charge >= 0.3 is 0 Å². The summed E-state index contributed by atoms with van der Waals surface area (Å²) in [6.45, 7) is 8.03. The molecule has 0 aromatic carbocycles. The second kappa shape index (κ2) is 18.7. The first-order chi connectivity index (χ1) is 11.3. The van der Waals surface area contributed by atoms with E-state index in [1.807, 2.05) is 6.08 Å². The molecule has 0 atom stereocenters. The summed E-state index contributed by atoms with van der Waals surface area (Å²) in [7, 11) is 0. The minimum absolute atomic E-state index is 0.578. The molecule has 132 valence electrons. The van der Waals surface area contributed by atoms with Crippen LogP contribution in [0.25, 0.3) is 0 Å². The van der Waals surface area contributed by atoms with Gasteiger partial charge in [0.05, 0.1) is 19.3 Å². The Bertz CT molecular complexity index is 342. The Hall–Kier alpha value is -1.36. The van der Waals surface area contributed by atoms with E-state index in [-0.39, 0.29) is 0 Å². The topological polar surface area (TPSA) is 18.5 Å². The predicted octanol–water partition coefficient (Wildman–Crippen LogP) is 6.38. The van der Waals surface area contributed by atoms with Crippen molar-refractivity contribution >= 4 is 0 Å². The first-order valence-electron chi connectivity index (χ1n) is 9.46. The molecular weight excluding hydrogens is 284 g/mol. The third-order valence-electron chi connectivity index (χ3n) is 3.41. The molecule has 0 amide bonds. The molecule has 0 N–H and O–H groups in total. The third kappa shape index (κ3) is 16.8. The lowest BCUT2D eigenvalue weighted by Crippen LogP contribution is -2.01. The van der Waals surface area contributed by atoms with Gasteiger partial charge in [0.1, 0.15) is 0 Å². The van der Waals surface area contributed by atoms with Crippen molar-refractivity contribution in [3.63, 3.8) is 0 Å². The molecule has 0 saturated carbocycles. The molecule has 0 saturated heterocycles. The standard InChI is InChI=1S/C21H36O2/c1-4-7-10-13-14-15-18-21(22-19-16-11-8-5-2)23-20-17-12-9-6-3/h10,13,18H,4-9,11-12,16-17,19-20H2,1-3H3/b13-10-. The number of allylic oxidation sites excluding steroid dienone is 3. The highest BCUT2D eigenvalue weighted by atomic mass is 16.7. The lowest BCUT2D eigenvalue weighted by molar-refractivity contribution is 0.0326. The van der Waals surface area contributed by atoms with E-state index in [0.29, 0.717) is 19.2 Å². The number of unbranched alkanes of at least 4 members (excludes halogenated alkanes) is 7. The van der Waals surface area contributed by atoms with E-state index in [1.54, 1.807) is 6.08 Å². The summed E-state index contributed by atoms with van der Waals surface area (Å²) >= 11 is 0. The van der Waals surface area contributed by atoms with Gasteiger partial charge in [-0.3, -0.25) is 0 Å². The molecule has 0 aromatic heterocycles. The zero-order valence-corrected chi connectivity index (χ0v) is 15.5. The Kier molecular flexibility index (Phi) is 17.6. The average Bonchev–Trinajstić information content (AvgIpc) is 2.56. The molecule has 23 heavy (non-hydrogen) atoms. The van der Waals surface area contributed by atoms with Gasteiger partial charge in [-0.05, 0) is 25.3 Å². The summed E-state index contributed by atoms with van der Waals surface area (Å²) in [5.41, 5.74) is 0. The molecule has 0 bridgehead atoms. The summed E-state index contributed by atoms with van der Waals surface area (Å²) in [5, 5.41) is 0. The number of ether oxygens (including phenoxy) is 2. The van der Waals surface area contributed by atoms with Gasteiger partial charge in [0.25, 0.3) is 5.95 Å². The Morgan fingerprint density at radius 3 is 1.87 bits per heavy atom. The van der Waals surface area contributed by atoms with Gasteiger partial charge in [0.15, 0.2) is 0 Å². The zero-order valence-electron chi connectivity index (χ0n) is 15.5. The minimum atomic E-state index is 0.578. The molecule has 0 spiro atoms. The fourth-order valence-corrected chi connectivity index (χ4v) is 1.99. The monoisotopic (exact) mass is 320 g/mol. The molecular formula is C21H36O2. The molecule has 2 nitrogen and oxygen atoms in total. The van der Waals surface area contributed by atoms with Crippen molar-refractivity contribution in [3.05, 3.63) is 24.2 Å². The van der Waals surface area contributed by atoms with Crippen molar-refractivity contribution in [1.82, 2.24) is 0 Å². The smallest absolute Gasteiger partial charge is 0.287 e. The van der Waals surface area contributed by atoms with Gasteiger partial charge in [0.2, 0.25) is 0 Å². The van der Waals surface area contributed by atoms with Crippen LogP contribution in [0.3, 0.4) is 0 Å². The van der Waals surface area contributed by atoms with Crippen LogP contribution in [0.5, 0.6) is 0 Å². The van der Waals surface area contributed by atoms with E-state index < -0.39 is 0 Å². The summed E-state index contributed by atoms with van der Waals surface area (Å²) in [4.78, 5) is 0. The maximum absolute atomic E-state index is 5.74. The molecule has 0 aliphatic carbocycles. The molecule has 0 unspecified atom stereocenters. The van der Waals surface area contributed by atoms with E-state index in [1.165, 1.54) is 38.5 Å². The maximum Gasteiger partial charge on any atom is 0.287 e. The highest BCUT2D eigenvalue weighted by Gasteiger charge is 1.99. The second-order valence-electron chi connectivity index (χ2n) is 5.76. The minimum Gasteiger partial charge on any atom is -0.465 e. The van der Waals surface area contributed by atoms with Crippen LogP contribution >= 0.6 is 0 Å². The summed E-state index contributed by atoms with van der Waals surface area (Å²) in [6, 6.07) is 0. The van der Waals surface area contributed by atoms with Crippen molar-refractivity contribution in [2.24, 2.45) is 0 Å². The molecule has 0 aliphatic rings. The van der Waals surface area contributed by atoms with Gasteiger partial charge in [-0.1, -0.05) is 83.6 Å². The highest BCUT2D eigenvalue weighted by Crippen LogP contribution is 2.07. The number of hydrogen-bond donors (Lipinski definition) is 0. The fraction of sp³-hybridized carbons (Fsp3) is 0.714. The van der Waals surface area contributed by atoms with Crippen LogP contribution in [-0.2, 0) is 9.47 Å². The molecule has 0 aliphatic heterocycles. The number of rotatable bonds is 14. The van der Waals surface area contributed by atoms with Gasteiger partial charge in [-0.25, -0.2) is 0 Å². The van der Waals surface area contributed by atoms with E-state index in [4.69, 9.17) is 9.47 Å². The van der Waals surface area contributed by atoms with Crippen molar-refractivity contribution in [3.8, 4) is 11.8 Å². The van der Waals surface area contributed by atoms with E-state index in [2.05, 4.69) is 38.7 Å². The van der Waals surface area contributed by atoms with Crippen LogP contribution in [0.15, 0.2) is 24.2 Å². The van der Waals surface area contributed by atoms with E-state index >= 15 is 0 Å². The quantitative estimate of drug-likeness (QED) is 0.210. The Balaban J connectivity index is 4.18. The maximum atomic E-state index is 5.74. The van der Waals surface area contributed by atoms with Gasteiger partial charge in [-0.15, -0.1) is 0 Å². The second-order valence-corrected chi connectivity index (χ2v) is 5.76. The molecule has 0 aromatic rings. The molecule has 2 heteroatoms.